The Labute approximate surface area is 123 Å². The lowest BCUT2D eigenvalue weighted by molar-refractivity contribution is 0.105. The minimum Gasteiger partial charge on any atom is -0.497 e. The molecule has 2 rings (SSSR count). The Morgan fingerprint density at radius 2 is 1.80 bits per heavy atom. The first-order valence-electron chi connectivity index (χ1n) is 7.69. The molecule has 3 heteroatoms. The molecule has 3 nitrogen and oxygen atoms in total. The summed E-state index contributed by atoms with van der Waals surface area (Å²) >= 11 is 0. The van der Waals surface area contributed by atoms with Gasteiger partial charge in [0.05, 0.1) is 13.2 Å². The number of methoxy groups -OCH3 is 1. The first kappa shape index (κ1) is 15.3. The summed E-state index contributed by atoms with van der Waals surface area (Å²) in [5.74, 6) is 0.925. The van der Waals surface area contributed by atoms with Crippen LogP contribution in [-0.4, -0.2) is 38.2 Å². The van der Waals surface area contributed by atoms with Crippen LogP contribution in [0.3, 0.4) is 0 Å². The van der Waals surface area contributed by atoms with Crippen LogP contribution in [0.1, 0.15) is 44.2 Å². The van der Waals surface area contributed by atoms with Crippen molar-refractivity contribution in [2.75, 3.05) is 27.7 Å². The highest BCUT2D eigenvalue weighted by molar-refractivity contribution is 5.31. The molecular formula is C17H28N2O. The van der Waals surface area contributed by atoms with Gasteiger partial charge in [0.1, 0.15) is 5.75 Å². The average molecular weight is 276 g/mol. The molecule has 0 aromatic heterocycles. The molecule has 1 N–H and O–H groups in total. The molecule has 1 atom stereocenters. The van der Waals surface area contributed by atoms with Crippen molar-refractivity contribution >= 4 is 0 Å². The Morgan fingerprint density at radius 3 is 2.25 bits per heavy atom. The third-order valence-corrected chi connectivity index (χ3v) is 4.75. The summed E-state index contributed by atoms with van der Waals surface area (Å²) in [6, 6.07) is 8.93. The van der Waals surface area contributed by atoms with E-state index in [0.717, 1.165) is 12.3 Å². The van der Waals surface area contributed by atoms with Crippen LogP contribution in [-0.2, 0) is 0 Å². The van der Waals surface area contributed by atoms with Crippen LogP contribution < -0.4 is 10.1 Å². The smallest absolute Gasteiger partial charge is 0.118 e. The maximum absolute atomic E-state index is 5.28. The molecule has 0 heterocycles. The summed E-state index contributed by atoms with van der Waals surface area (Å²) in [6.45, 7) is 3.18. The Kier molecular flexibility index (Phi) is 5.06. The van der Waals surface area contributed by atoms with Crippen molar-refractivity contribution in [3.63, 3.8) is 0 Å². The second kappa shape index (κ2) is 6.59. The third-order valence-electron chi connectivity index (χ3n) is 4.75. The monoisotopic (exact) mass is 276 g/mol. The highest BCUT2D eigenvalue weighted by Gasteiger charge is 2.43. The van der Waals surface area contributed by atoms with Gasteiger partial charge >= 0.3 is 0 Å². The van der Waals surface area contributed by atoms with Crippen LogP contribution in [0.5, 0.6) is 5.75 Å². The van der Waals surface area contributed by atoms with Crippen molar-refractivity contribution in [3.05, 3.63) is 29.8 Å². The number of benzene rings is 1. The first-order valence-corrected chi connectivity index (χ1v) is 7.69. The number of nitrogens with zero attached hydrogens (tertiary/aromatic N) is 1. The molecule has 0 aliphatic heterocycles. The van der Waals surface area contributed by atoms with Gasteiger partial charge in [-0.1, -0.05) is 31.9 Å². The second-order valence-electron chi connectivity index (χ2n) is 5.97. The summed E-state index contributed by atoms with van der Waals surface area (Å²) in [5, 5.41) is 3.72. The van der Waals surface area contributed by atoms with Crippen molar-refractivity contribution in [1.82, 2.24) is 10.2 Å². The number of ether oxygens (including phenoxy) is 1. The van der Waals surface area contributed by atoms with Gasteiger partial charge in [-0.3, -0.25) is 0 Å². The molecule has 20 heavy (non-hydrogen) atoms. The molecule has 0 radical (unpaired) electrons. The molecule has 1 fully saturated rings. The number of likely N-dealkylation sites (N-methyl/N-ethyl adjacent to an activating group) is 2. The fourth-order valence-corrected chi connectivity index (χ4v) is 3.60. The molecule has 0 bridgehead atoms. The van der Waals surface area contributed by atoms with E-state index >= 15 is 0 Å². The van der Waals surface area contributed by atoms with Crippen LogP contribution in [0.15, 0.2) is 24.3 Å². The average Bonchev–Trinajstić information content (AvgIpc) is 2.95. The van der Waals surface area contributed by atoms with E-state index in [2.05, 4.69) is 55.5 Å². The van der Waals surface area contributed by atoms with E-state index in [0.29, 0.717) is 6.04 Å². The number of hydrogen-bond acceptors (Lipinski definition) is 3. The highest BCUT2D eigenvalue weighted by atomic mass is 16.5. The molecule has 0 spiro atoms. The van der Waals surface area contributed by atoms with Gasteiger partial charge < -0.3 is 15.0 Å². The van der Waals surface area contributed by atoms with Crippen LogP contribution in [0, 0.1) is 0 Å². The van der Waals surface area contributed by atoms with Crippen LogP contribution in [0.4, 0.5) is 0 Å². The minimum atomic E-state index is 0.241. The van der Waals surface area contributed by atoms with E-state index in [1.54, 1.807) is 7.11 Å². The summed E-state index contributed by atoms with van der Waals surface area (Å²) in [5.41, 5.74) is 1.60. The van der Waals surface area contributed by atoms with E-state index in [9.17, 15) is 0 Å². The standard InChI is InChI=1S/C17H28N2O/c1-5-18-16(14-8-10-15(20-4)11-9-14)17(19(2)3)12-6-7-13-17/h8-11,16,18H,5-7,12-13H2,1-4H3. The van der Waals surface area contributed by atoms with E-state index < -0.39 is 0 Å². The molecule has 112 valence electrons. The fourth-order valence-electron chi connectivity index (χ4n) is 3.60. The van der Waals surface area contributed by atoms with Gasteiger partial charge in [-0.05, 0) is 51.2 Å². The van der Waals surface area contributed by atoms with E-state index in [-0.39, 0.29) is 5.54 Å². The summed E-state index contributed by atoms with van der Waals surface area (Å²) < 4.78 is 5.28. The highest BCUT2D eigenvalue weighted by Crippen LogP contribution is 2.43. The Bertz CT molecular complexity index is 408. The normalized spacial score (nSPS) is 19.2. The molecule has 1 aliphatic rings. The summed E-state index contributed by atoms with van der Waals surface area (Å²) in [7, 11) is 6.16. The van der Waals surface area contributed by atoms with Crippen LogP contribution >= 0.6 is 0 Å². The zero-order chi connectivity index (χ0) is 14.6. The summed E-state index contributed by atoms with van der Waals surface area (Å²) in [4.78, 5) is 2.43. The molecular weight excluding hydrogens is 248 g/mol. The van der Waals surface area contributed by atoms with Gasteiger partial charge in [-0.2, -0.15) is 0 Å². The molecule has 1 aliphatic carbocycles. The predicted molar refractivity (Wildman–Crippen MR) is 84.3 cm³/mol. The molecule has 0 amide bonds. The van der Waals surface area contributed by atoms with Crippen LogP contribution in [0.2, 0.25) is 0 Å². The number of nitrogens with one attached hydrogen (secondary N) is 1. The lowest BCUT2D eigenvalue weighted by Crippen LogP contribution is -2.52. The lowest BCUT2D eigenvalue weighted by Gasteiger charge is -2.44. The van der Waals surface area contributed by atoms with Gasteiger partial charge in [0.15, 0.2) is 0 Å². The predicted octanol–water partition coefficient (Wildman–Crippen LogP) is 3.22. The van der Waals surface area contributed by atoms with Crippen molar-refractivity contribution in [2.45, 2.75) is 44.2 Å². The lowest BCUT2D eigenvalue weighted by atomic mass is 9.82. The van der Waals surface area contributed by atoms with Crippen molar-refractivity contribution in [3.8, 4) is 5.75 Å². The van der Waals surface area contributed by atoms with E-state index in [4.69, 9.17) is 4.74 Å². The third kappa shape index (κ3) is 2.84. The maximum atomic E-state index is 5.28. The van der Waals surface area contributed by atoms with Gasteiger partial charge in [0.2, 0.25) is 0 Å². The molecule has 0 saturated heterocycles. The van der Waals surface area contributed by atoms with Crippen LogP contribution in [0.25, 0.3) is 0 Å². The number of rotatable bonds is 6. The zero-order valence-electron chi connectivity index (χ0n) is 13.3. The zero-order valence-corrected chi connectivity index (χ0v) is 13.3. The Morgan fingerprint density at radius 1 is 1.20 bits per heavy atom. The maximum Gasteiger partial charge on any atom is 0.118 e. The topological polar surface area (TPSA) is 24.5 Å². The van der Waals surface area contributed by atoms with Gasteiger partial charge in [-0.15, -0.1) is 0 Å². The second-order valence-corrected chi connectivity index (χ2v) is 5.97. The van der Waals surface area contributed by atoms with Crippen molar-refractivity contribution in [2.24, 2.45) is 0 Å². The van der Waals surface area contributed by atoms with Crippen molar-refractivity contribution in [1.29, 1.82) is 0 Å². The molecule has 1 unspecified atom stereocenters. The van der Waals surface area contributed by atoms with Gasteiger partial charge in [0, 0.05) is 5.54 Å². The number of hydrogen-bond donors (Lipinski definition) is 1. The van der Waals surface area contributed by atoms with Crippen molar-refractivity contribution < 1.29 is 4.74 Å². The Hall–Kier alpha value is -1.06. The Balaban J connectivity index is 2.33. The summed E-state index contributed by atoms with van der Waals surface area (Å²) in [6.07, 6.45) is 5.19. The largest absolute Gasteiger partial charge is 0.497 e. The van der Waals surface area contributed by atoms with Gasteiger partial charge in [0.25, 0.3) is 0 Å². The molecule has 1 aromatic carbocycles. The van der Waals surface area contributed by atoms with E-state index in [1.807, 2.05) is 0 Å². The fraction of sp³-hybridized carbons (Fsp3) is 0.647. The quantitative estimate of drug-likeness (QED) is 0.863. The SMILES string of the molecule is CCNC(c1ccc(OC)cc1)C1(N(C)C)CCCC1. The first-order chi connectivity index (χ1) is 9.64. The molecule has 1 saturated carbocycles. The van der Waals surface area contributed by atoms with E-state index in [1.165, 1.54) is 31.2 Å². The minimum absolute atomic E-state index is 0.241. The van der Waals surface area contributed by atoms with Gasteiger partial charge in [-0.25, -0.2) is 0 Å². The molecule has 1 aromatic rings.